The molecular weight excluding hydrogens is 290 g/mol. The quantitative estimate of drug-likeness (QED) is 0.940. The van der Waals surface area contributed by atoms with E-state index in [0.717, 1.165) is 30.6 Å². The number of benzene rings is 2. The normalized spacial score (nSPS) is 16.3. The molecule has 0 saturated carbocycles. The van der Waals surface area contributed by atoms with Crippen LogP contribution in [0.4, 0.5) is 4.79 Å². The number of alkyl carbamates (subject to hydrolysis) is 1. The molecule has 0 bridgehead atoms. The Bertz CT molecular complexity index is 670. The van der Waals surface area contributed by atoms with Crippen molar-refractivity contribution in [3.63, 3.8) is 0 Å². The van der Waals surface area contributed by atoms with E-state index in [1.807, 2.05) is 42.5 Å². The summed E-state index contributed by atoms with van der Waals surface area (Å²) in [6.45, 7) is 0.295. The second-order valence-electron chi connectivity index (χ2n) is 5.74. The molecule has 2 aromatic carbocycles. The van der Waals surface area contributed by atoms with Crippen molar-refractivity contribution in [3.05, 3.63) is 65.2 Å². The molecule has 0 fully saturated rings. The fourth-order valence-corrected chi connectivity index (χ4v) is 3.02. The highest BCUT2D eigenvalue weighted by Gasteiger charge is 2.22. The van der Waals surface area contributed by atoms with Crippen molar-refractivity contribution in [2.45, 2.75) is 31.9 Å². The van der Waals surface area contributed by atoms with Gasteiger partial charge in [0.1, 0.15) is 12.4 Å². The van der Waals surface area contributed by atoms with E-state index in [1.165, 1.54) is 11.1 Å². The first kappa shape index (κ1) is 15.4. The standard InChI is InChI=1S/C19H21NO3/c1-22-18-9-5-8-15-12-16(10-11-17(15)18)20-19(21)23-13-14-6-3-2-4-7-14/h2-9,16H,10-13H2,1H3,(H,20,21). The molecule has 1 amide bonds. The molecule has 4 heteroatoms. The average molecular weight is 311 g/mol. The topological polar surface area (TPSA) is 47.6 Å². The average Bonchev–Trinajstić information content (AvgIpc) is 2.60. The summed E-state index contributed by atoms with van der Waals surface area (Å²) in [7, 11) is 1.70. The van der Waals surface area contributed by atoms with Gasteiger partial charge in [0.05, 0.1) is 7.11 Å². The zero-order valence-electron chi connectivity index (χ0n) is 13.2. The van der Waals surface area contributed by atoms with Gasteiger partial charge in [-0.2, -0.15) is 0 Å². The van der Waals surface area contributed by atoms with Crippen molar-refractivity contribution in [2.75, 3.05) is 7.11 Å². The summed E-state index contributed by atoms with van der Waals surface area (Å²) in [6.07, 6.45) is 2.26. The Morgan fingerprint density at radius 1 is 1.17 bits per heavy atom. The predicted molar refractivity (Wildman–Crippen MR) is 88.6 cm³/mol. The molecule has 0 aromatic heterocycles. The SMILES string of the molecule is COc1cccc2c1CCC(NC(=O)OCc1ccccc1)C2. The highest BCUT2D eigenvalue weighted by molar-refractivity contribution is 5.67. The van der Waals surface area contributed by atoms with Crippen LogP contribution in [0.25, 0.3) is 0 Å². The smallest absolute Gasteiger partial charge is 0.407 e. The van der Waals surface area contributed by atoms with Gasteiger partial charge in [0.2, 0.25) is 0 Å². The van der Waals surface area contributed by atoms with Gasteiger partial charge < -0.3 is 14.8 Å². The molecule has 3 rings (SSSR count). The van der Waals surface area contributed by atoms with Crippen LogP contribution in [0.15, 0.2) is 48.5 Å². The fraction of sp³-hybridized carbons (Fsp3) is 0.316. The number of amides is 1. The molecule has 0 heterocycles. The molecule has 1 N–H and O–H groups in total. The van der Waals surface area contributed by atoms with E-state index in [-0.39, 0.29) is 12.1 Å². The van der Waals surface area contributed by atoms with Gasteiger partial charge in [0, 0.05) is 6.04 Å². The van der Waals surface area contributed by atoms with Crippen LogP contribution in [-0.2, 0) is 24.2 Å². The molecule has 120 valence electrons. The van der Waals surface area contributed by atoms with Crippen LogP contribution in [0.5, 0.6) is 5.75 Å². The minimum atomic E-state index is -0.356. The van der Waals surface area contributed by atoms with Gasteiger partial charge in [-0.15, -0.1) is 0 Å². The summed E-state index contributed by atoms with van der Waals surface area (Å²) in [6, 6.07) is 15.9. The molecule has 0 saturated heterocycles. The number of hydrogen-bond acceptors (Lipinski definition) is 3. The van der Waals surface area contributed by atoms with E-state index < -0.39 is 0 Å². The van der Waals surface area contributed by atoms with Gasteiger partial charge in [-0.05, 0) is 42.0 Å². The Morgan fingerprint density at radius 2 is 2.00 bits per heavy atom. The van der Waals surface area contributed by atoms with Crippen molar-refractivity contribution in [1.29, 1.82) is 0 Å². The number of rotatable bonds is 4. The van der Waals surface area contributed by atoms with Gasteiger partial charge >= 0.3 is 6.09 Å². The van der Waals surface area contributed by atoms with Crippen molar-refractivity contribution in [3.8, 4) is 5.75 Å². The fourth-order valence-electron chi connectivity index (χ4n) is 3.02. The molecule has 1 atom stereocenters. The Kier molecular flexibility index (Phi) is 4.81. The van der Waals surface area contributed by atoms with Crippen LogP contribution in [0.3, 0.4) is 0 Å². The summed E-state index contributed by atoms with van der Waals surface area (Å²) in [5.41, 5.74) is 3.48. The first-order valence-electron chi connectivity index (χ1n) is 7.88. The summed E-state index contributed by atoms with van der Waals surface area (Å²) >= 11 is 0. The highest BCUT2D eigenvalue weighted by Crippen LogP contribution is 2.29. The molecule has 4 nitrogen and oxygen atoms in total. The molecule has 0 spiro atoms. The molecule has 1 aliphatic carbocycles. The second-order valence-corrected chi connectivity index (χ2v) is 5.74. The first-order chi connectivity index (χ1) is 11.3. The molecule has 23 heavy (non-hydrogen) atoms. The molecule has 0 aliphatic heterocycles. The minimum Gasteiger partial charge on any atom is -0.496 e. The lowest BCUT2D eigenvalue weighted by Crippen LogP contribution is -2.39. The molecule has 0 radical (unpaired) electrons. The van der Waals surface area contributed by atoms with Gasteiger partial charge in [-0.1, -0.05) is 42.5 Å². The van der Waals surface area contributed by atoms with E-state index in [1.54, 1.807) is 7.11 Å². The lowest BCUT2D eigenvalue weighted by Gasteiger charge is -2.26. The number of methoxy groups -OCH3 is 1. The second kappa shape index (κ2) is 7.18. The molecular formula is C19H21NO3. The van der Waals surface area contributed by atoms with Gasteiger partial charge in [0.15, 0.2) is 0 Å². The maximum Gasteiger partial charge on any atom is 0.407 e. The van der Waals surface area contributed by atoms with Crippen LogP contribution >= 0.6 is 0 Å². The number of nitrogens with one attached hydrogen (secondary N) is 1. The Hall–Kier alpha value is -2.49. The van der Waals surface area contributed by atoms with E-state index in [4.69, 9.17) is 9.47 Å². The summed E-state index contributed by atoms with van der Waals surface area (Å²) in [5.74, 6) is 0.938. The highest BCUT2D eigenvalue weighted by atomic mass is 16.5. The summed E-state index contributed by atoms with van der Waals surface area (Å²) in [4.78, 5) is 12.0. The largest absolute Gasteiger partial charge is 0.496 e. The van der Waals surface area contributed by atoms with Gasteiger partial charge in [-0.25, -0.2) is 4.79 Å². The minimum absolute atomic E-state index is 0.109. The maximum absolute atomic E-state index is 12.0. The summed E-state index contributed by atoms with van der Waals surface area (Å²) in [5, 5.41) is 2.97. The molecule has 2 aromatic rings. The van der Waals surface area contributed by atoms with E-state index in [0.29, 0.717) is 6.61 Å². The van der Waals surface area contributed by atoms with Gasteiger partial charge in [-0.3, -0.25) is 0 Å². The molecule has 1 aliphatic rings. The number of carbonyl (C=O) groups excluding carboxylic acids is 1. The van der Waals surface area contributed by atoms with Gasteiger partial charge in [0.25, 0.3) is 0 Å². The monoisotopic (exact) mass is 311 g/mol. The van der Waals surface area contributed by atoms with E-state index in [9.17, 15) is 4.79 Å². The third kappa shape index (κ3) is 3.83. The van der Waals surface area contributed by atoms with Crippen molar-refractivity contribution >= 4 is 6.09 Å². The van der Waals surface area contributed by atoms with Crippen molar-refractivity contribution < 1.29 is 14.3 Å². The number of carbonyl (C=O) groups is 1. The van der Waals surface area contributed by atoms with Crippen LogP contribution in [0.2, 0.25) is 0 Å². The van der Waals surface area contributed by atoms with Crippen molar-refractivity contribution in [2.24, 2.45) is 0 Å². The summed E-state index contributed by atoms with van der Waals surface area (Å²) < 4.78 is 10.7. The zero-order chi connectivity index (χ0) is 16.1. The van der Waals surface area contributed by atoms with Crippen molar-refractivity contribution in [1.82, 2.24) is 5.32 Å². The number of fused-ring (bicyclic) bond motifs is 1. The van der Waals surface area contributed by atoms with Crippen LogP contribution < -0.4 is 10.1 Å². The Morgan fingerprint density at radius 3 is 2.78 bits per heavy atom. The van der Waals surface area contributed by atoms with E-state index >= 15 is 0 Å². The third-order valence-electron chi connectivity index (χ3n) is 4.19. The Labute approximate surface area is 136 Å². The zero-order valence-corrected chi connectivity index (χ0v) is 13.2. The number of ether oxygens (including phenoxy) is 2. The Balaban J connectivity index is 1.54. The predicted octanol–water partition coefficient (Wildman–Crippen LogP) is 3.48. The third-order valence-corrected chi connectivity index (χ3v) is 4.19. The lowest BCUT2D eigenvalue weighted by molar-refractivity contribution is 0.134. The number of hydrogen-bond donors (Lipinski definition) is 1. The van der Waals surface area contributed by atoms with Crippen LogP contribution in [0, 0.1) is 0 Å². The maximum atomic E-state index is 12.0. The molecule has 1 unspecified atom stereocenters. The first-order valence-corrected chi connectivity index (χ1v) is 7.88. The van der Waals surface area contributed by atoms with Crippen LogP contribution in [-0.4, -0.2) is 19.2 Å². The lowest BCUT2D eigenvalue weighted by atomic mass is 9.88. The van der Waals surface area contributed by atoms with Crippen LogP contribution in [0.1, 0.15) is 23.1 Å². The van der Waals surface area contributed by atoms with E-state index in [2.05, 4.69) is 11.4 Å².